The van der Waals surface area contributed by atoms with Gasteiger partial charge < -0.3 is 28.5 Å². The number of aryl methyl sites for hydroxylation is 1. The Hall–Kier alpha value is -3.35. The van der Waals surface area contributed by atoms with Gasteiger partial charge in [0.2, 0.25) is 16.9 Å². The van der Waals surface area contributed by atoms with E-state index in [4.69, 9.17) is 23.4 Å². The van der Waals surface area contributed by atoms with Gasteiger partial charge in [-0.3, -0.25) is 4.79 Å². The molecule has 0 aliphatic rings. The van der Waals surface area contributed by atoms with E-state index in [1.54, 1.807) is 27.0 Å². The highest BCUT2D eigenvalue weighted by Crippen LogP contribution is 2.43. The number of benzene rings is 2. The van der Waals surface area contributed by atoms with Crippen LogP contribution in [0.3, 0.4) is 0 Å². The Morgan fingerprint density at radius 1 is 0.966 bits per heavy atom. The quantitative estimate of drug-likeness (QED) is 0.633. The highest BCUT2D eigenvalue weighted by molar-refractivity contribution is 5.93. The average molecular weight is 400 g/mol. The van der Waals surface area contributed by atoms with Crippen molar-refractivity contribution in [3.63, 3.8) is 0 Å². The number of methoxy groups -OCH3 is 2. The Labute approximate surface area is 168 Å². The van der Waals surface area contributed by atoms with Gasteiger partial charge in [0.25, 0.3) is 0 Å². The molecular weight excluding hydrogens is 376 g/mol. The SMILES string of the molecule is CCOc1cc(O)c2c(=O)c(OCC)c(-c3ccc(C)c(OC)c3)oc2c1OC. The summed E-state index contributed by atoms with van der Waals surface area (Å²) in [5, 5.41) is 10.5. The van der Waals surface area contributed by atoms with E-state index in [0.717, 1.165) is 5.56 Å². The lowest BCUT2D eigenvalue weighted by atomic mass is 10.1. The molecule has 0 atom stereocenters. The van der Waals surface area contributed by atoms with Gasteiger partial charge in [-0.05, 0) is 32.4 Å². The molecule has 1 N–H and O–H groups in total. The zero-order valence-corrected chi connectivity index (χ0v) is 17.1. The van der Waals surface area contributed by atoms with Gasteiger partial charge in [0.15, 0.2) is 17.1 Å². The Balaban J connectivity index is 2.43. The molecule has 3 aromatic rings. The molecule has 29 heavy (non-hydrogen) atoms. The van der Waals surface area contributed by atoms with E-state index in [1.165, 1.54) is 13.2 Å². The summed E-state index contributed by atoms with van der Waals surface area (Å²) in [6.45, 7) is 6.09. The number of ether oxygens (including phenoxy) is 4. The maximum Gasteiger partial charge on any atom is 0.239 e. The Morgan fingerprint density at radius 2 is 1.69 bits per heavy atom. The van der Waals surface area contributed by atoms with E-state index in [2.05, 4.69) is 0 Å². The Bertz CT molecular complexity index is 1100. The molecule has 7 heteroatoms. The fourth-order valence-corrected chi connectivity index (χ4v) is 3.17. The molecule has 0 spiro atoms. The number of hydrogen-bond donors (Lipinski definition) is 1. The van der Waals surface area contributed by atoms with Crippen LogP contribution in [0, 0.1) is 6.92 Å². The Morgan fingerprint density at radius 3 is 2.31 bits per heavy atom. The number of fused-ring (bicyclic) bond motifs is 1. The fraction of sp³-hybridized carbons (Fsp3) is 0.318. The van der Waals surface area contributed by atoms with Crippen LogP contribution in [-0.4, -0.2) is 32.5 Å². The topological polar surface area (TPSA) is 87.4 Å². The number of rotatable bonds is 7. The number of hydrogen-bond acceptors (Lipinski definition) is 7. The van der Waals surface area contributed by atoms with Gasteiger partial charge in [-0.1, -0.05) is 12.1 Å². The predicted molar refractivity (Wildman–Crippen MR) is 110 cm³/mol. The standard InChI is InChI=1S/C22H24O7/c1-6-27-16-11-14(23)17-18(24)22(28-7-2)19(29-21(17)20(16)26-5)13-9-8-12(3)15(10-13)25-4/h8-11,23H,6-7H2,1-5H3. The normalized spacial score (nSPS) is 10.8. The van der Waals surface area contributed by atoms with E-state index in [9.17, 15) is 9.90 Å². The fourth-order valence-electron chi connectivity index (χ4n) is 3.17. The molecule has 7 nitrogen and oxygen atoms in total. The first kappa shape index (κ1) is 20.4. The molecule has 3 rings (SSSR count). The van der Waals surface area contributed by atoms with Gasteiger partial charge in [-0.15, -0.1) is 0 Å². The van der Waals surface area contributed by atoms with Gasteiger partial charge in [0, 0.05) is 11.6 Å². The highest BCUT2D eigenvalue weighted by atomic mass is 16.5. The molecule has 0 aliphatic heterocycles. The third kappa shape index (κ3) is 3.55. The maximum atomic E-state index is 13.2. The molecule has 0 bridgehead atoms. The van der Waals surface area contributed by atoms with Crippen molar-refractivity contribution in [3.05, 3.63) is 40.1 Å². The molecule has 1 aromatic heterocycles. The largest absolute Gasteiger partial charge is 0.507 e. The summed E-state index contributed by atoms with van der Waals surface area (Å²) in [6, 6.07) is 6.77. The molecule has 0 fully saturated rings. The van der Waals surface area contributed by atoms with Crippen molar-refractivity contribution in [2.75, 3.05) is 27.4 Å². The van der Waals surface area contributed by atoms with Gasteiger partial charge in [-0.2, -0.15) is 0 Å². The molecule has 0 saturated heterocycles. The first-order chi connectivity index (χ1) is 14.0. The first-order valence-electron chi connectivity index (χ1n) is 9.28. The molecule has 0 radical (unpaired) electrons. The minimum atomic E-state index is -0.499. The molecule has 0 aliphatic carbocycles. The van der Waals surface area contributed by atoms with Crippen LogP contribution in [0.1, 0.15) is 19.4 Å². The van der Waals surface area contributed by atoms with Crippen LogP contribution in [0.5, 0.6) is 28.7 Å². The van der Waals surface area contributed by atoms with E-state index in [0.29, 0.717) is 17.9 Å². The van der Waals surface area contributed by atoms with Crippen molar-refractivity contribution in [1.82, 2.24) is 0 Å². The number of phenolic OH excluding ortho intramolecular Hbond substituents is 1. The summed E-state index contributed by atoms with van der Waals surface area (Å²) in [5.74, 6) is 1.10. The monoisotopic (exact) mass is 400 g/mol. The van der Waals surface area contributed by atoms with Crippen LogP contribution in [0.15, 0.2) is 33.5 Å². The van der Waals surface area contributed by atoms with Crippen LogP contribution >= 0.6 is 0 Å². The molecular formula is C22H24O7. The molecule has 0 saturated carbocycles. The van der Waals surface area contributed by atoms with Crippen LogP contribution in [0.25, 0.3) is 22.3 Å². The number of aromatic hydroxyl groups is 1. The van der Waals surface area contributed by atoms with Crippen molar-refractivity contribution in [1.29, 1.82) is 0 Å². The van der Waals surface area contributed by atoms with Crippen molar-refractivity contribution in [2.24, 2.45) is 0 Å². The number of phenols is 1. The molecule has 2 aromatic carbocycles. The molecule has 1 heterocycles. The molecule has 0 amide bonds. The summed E-state index contributed by atoms with van der Waals surface area (Å²) in [7, 11) is 3.01. The summed E-state index contributed by atoms with van der Waals surface area (Å²) in [6.07, 6.45) is 0. The van der Waals surface area contributed by atoms with Gasteiger partial charge in [0.1, 0.15) is 16.9 Å². The first-order valence-corrected chi connectivity index (χ1v) is 9.28. The van der Waals surface area contributed by atoms with E-state index < -0.39 is 5.43 Å². The minimum absolute atomic E-state index is 0.00687. The summed E-state index contributed by atoms with van der Waals surface area (Å²) >= 11 is 0. The zero-order valence-electron chi connectivity index (χ0n) is 17.1. The maximum absolute atomic E-state index is 13.2. The van der Waals surface area contributed by atoms with Gasteiger partial charge in [-0.25, -0.2) is 0 Å². The molecule has 0 unspecified atom stereocenters. The minimum Gasteiger partial charge on any atom is -0.507 e. The lowest BCUT2D eigenvalue weighted by molar-refractivity contribution is 0.306. The summed E-state index contributed by atoms with van der Waals surface area (Å²) in [4.78, 5) is 13.2. The van der Waals surface area contributed by atoms with Crippen LogP contribution in [0.2, 0.25) is 0 Å². The van der Waals surface area contributed by atoms with E-state index in [-0.39, 0.29) is 46.3 Å². The van der Waals surface area contributed by atoms with Gasteiger partial charge >= 0.3 is 0 Å². The zero-order chi connectivity index (χ0) is 21.1. The van der Waals surface area contributed by atoms with Crippen molar-refractivity contribution < 1.29 is 28.5 Å². The van der Waals surface area contributed by atoms with Gasteiger partial charge in [0.05, 0.1) is 27.4 Å². The van der Waals surface area contributed by atoms with Crippen LogP contribution in [-0.2, 0) is 0 Å². The second kappa shape index (κ2) is 8.34. The van der Waals surface area contributed by atoms with E-state index in [1.807, 2.05) is 19.1 Å². The van der Waals surface area contributed by atoms with Crippen molar-refractivity contribution in [2.45, 2.75) is 20.8 Å². The van der Waals surface area contributed by atoms with Crippen LogP contribution in [0.4, 0.5) is 0 Å². The Kier molecular flexibility index (Phi) is 5.87. The summed E-state index contributed by atoms with van der Waals surface area (Å²) in [5.41, 5.74) is 1.12. The smallest absolute Gasteiger partial charge is 0.239 e. The molecule has 154 valence electrons. The third-order valence-corrected chi connectivity index (χ3v) is 4.49. The average Bonchev–Trinajstić information content (AvgIpc) is 2.70. The van der Waals surface area contributed by atoms with Crippen LogP contribution < -0.4 is 24.4 Å². The van der Waals surface area contributed by atoms with E-state index >= 15 is 0 Å². The lowest BCUT2D eigenvalue weighted by Crippen LogP contribution is -2.11. The van der Waals surface area contributed by atoms with Crippen molar-refractivity contribution in [3.8, 4) is 40.1 Å². The summed E-state index contributed by atoms with van der Waals surface area (Å²) < 4.78 is 28.1. The third-order valence-electron chi connectivity index (χ3n) is 4.49. The second-order valence-electron chi connectivity index (χ2n) is 6.27. The van der Waals surface area contributed by atoms with Crippen molar-refractivity contribution >= 4 is 11.0 Å². The predicted octanol–water partition coefficient (Wildman–Crippen LogP) is 4.29. The second-order valence-corrected chi connectivity index (χ2v) is 6.27. The lowest BCUT2D eigenvalue weighted by Gasteiger charge is -2.16. The highest BCUT2D eigenvalue weighted by Gasteiger charge is 2.25.